The van der Waals surface area contributed by atoms with Gasteiger partial charge in [0, 0.05) is 0 Å². The van der Waals surface area contributed by atoms with E-state index in [0.717, 1.165) is 0 Å². The van der Waals surface area contributed by atoms with Crippen molar-refractivity contribution >= 4 is 0 Å². The Balaban J connectivity index is 5.48. The van der Waals surface area contributed by atoms with Gasteiger partial charge in [0.1, 0.15) is 0 Å². The largest absolute Gasteiger partial charge is 0.462 e. The average molecular weight is 312 g/mol. The summed E-state index contributed by atoms with van der Waals surface area (Å²) < 4.78 is 124. The highest BCUT2D eigenvalue weighted by Crippen LogP contribution is 2.50. The molecule has 0 aliphatic rings. The van der Waals surface area contributed by atoms with E-state index in [2.05, 4.69) is 4.74 Å². The lowest BCUT2D eigenvalue weighted by molar-refractivity contribution is -0.463. The van der Waals surface area contributed by atoms with Crippen LogP contribution in [-0.4, -0.2) is 41.7 Å². The molecule has 0 spiro atoms. The number of alkyl halides is 10. The van der Waals surface area contributed by atoms with E-state index in [-0.39, 0.29) is 6.92 Å². The van der Waals surface area contributed by atoms with Crippen LogP contribution in [0.3, 0.4) is 0 Å². The third kappa shape index (κ3) is 3.22. The topological polar surface area (TPSA) is 29.5 Å². The highest BCUT2D eigenvalue weighted by molar-refractivity contribution is 4.91. The zero-order valence-corrected chi connectivity index (χ0v) is 8.84. The van der Waals surface area contributed by atoms with Crippen molar-refractivity contribution in [2.45, 2.75) is 36.9 Å². The predicted octanol–water partition coefficient (Wildman–Crippen LogP) is 3.11. The molecule has 0 bridgehead atoms. The zero-order chi connectivity index (χ0) is 15.9. The van der Waals surface area contributed by atoms with Gasteiger partial charge >= 0.3 is 24.4 Å². The standard InChI is InChI=1S/C7H6F10O2/c1-3(2-18,5(10,11)12)19-7(16,17)4(8,9)6(13,14)15/h18H,2H2,1H3/t3-/m0/s1. The molecule has 0 aromatic carbocycles. The maximum atomic E-state index is 12.6. The average Bonchev–Trinajstić information content (AvgIpc) is 2.12. The Labute approximate surface area is 98.5 Å². The summed E-state index contributed by atoms with van der Waals surface area (Å²) >= 11 is 0. The summed E-state index contributed by atoms with van der Waals surface area (Å²) in [4.78, 5) is 0. The lowest BCUT2D eigenvalue weighted by Gasteiger charge is -2.36. The number of ether oxygens (including phenoxy) is 1. The Morgan fingerprint density at radius 1 is 0.789 bits per heavy atom. The van der Waals surface area contributed by atoms with E-state index in [4.69, 9.17) is 5.11 Å². The summed E-state index contributed by atoms with van der Waals surface area (Å²) in [5.74, 6) is -6.86. The van der Waals surface area contributed by atoms with E-state index in [0.29, 0.717) is 0 Å². The lowest BCUT2D eigenvalue weighted by atomic mass is 10.1. The van der Waals surface area contributed by atoms with Gasteiger partial charge < -0.3 is 5.11 Å². The number of hydrogen-bond donors (Lipinski definition) is 1. The van der Waals surface area contributed by atoms with Crippen LogP contribution in [0.1, 0.15) is 6.92 Å². The van der Waals surface area contributed by atoms with Gasteiger partial charge in [-0.15, -0.1) is 0 Å². The predicted molar refractivity (Wildman–Crippen MR) is 38.6 cm³/mol. The van der Waals surface area contributed by atoms with Crippen molar-refractivity contribution in [3.8, 4) is 0 Å². The number of aliphatic hydroxyl groups excluding tert-OH is 1. The van der Waals surface area contributed by atoms with Crippen LogP contribution in [0.25, 0.3) is 0 Å². The Kier molecular flexibility index (Phi) is 4.46. The number of rotatable bonds is 4. The quantitative estimate of drug-likeness (QED) is 0.808. The molecule has 0 amide bonds. The van der Waals surface area contributed by atoms with Gasteiger partial charge in [0.2, 0.25) is 0 Å². The fourth-order valence-electron chi connectivity index (χ4n) is 0.692. The first-order valence-electron chi connectivity index (χ1n) is 4.22. The summed E-state index contributed by atoms with van der Waals surface area (Å²) in [6, 6.07) is 0. The van der Waals surface area contributed by atoms with Crippen molar-refractivity contribution in [2.75, 3.05) is 6.61 Å². The maximum Gasteiger partial charge on any atom is 0.462 e. The van der Waals surface area contributed by atoms with Crippen molar-refractivity contribution in [3.05, 3.63) is 0 Å². The molecule has 0 saturated carbocycles. The van der Waals surface area contributed by atoms with E-state index < -0.39 is 36.6 Å². The molecular formula is C7H6F10O2. The van der Waals surface area contributed by atoms with E-state index >= 15 is 0 Å². The number of hydrogen-bond acceptors (Lipinski definition) is 2. The van der Waals surface area contributed by atoms with Crippen LogP contribution in [0.4, 0.5) is 43.9 Å². The van der Waals surface area contributed by atoms with Crippen LogP contribution >= 0.6 is 0 Å². The van der Waals surface area contributed by atoms with Crippen LogP contribution in [0, 0.1) is 0 Å². The second-order valence-corrected chi connectivity index (χ2v) is 3.58. The molecule has 0 radical (unpaired) electrons. The third-order valence-electron chi connectivity index (χ3n) is 1.98. The molecule has 0 saturated heterocycles. The molecule has 0 unspecified atom stereocenters. The molecule has 1 atom stereocenters. The molecule has 116 valence electrons. The fraction of sp³-hybridized carbons (Fsp3) is 1.00. The van der Waals surface area contributed by atoms with E-state index in [1.54, 1.807) is 0 Å². The molecule has 0 aliphatic carbocycles. The Hall–Kier alpha value is -0.780. The summed E-state index contributed by atoms with van der Waals surface area (Å²) in [5.41, 5.74) is -4.29. The van der Waals surface area contributed by atoms with Crippen molar-refractivity contribution in [2.24, 2.45) is 0 Å². The molecule has 1 N–H and O–H groups in total. The van der Waals surface area contributed by atoms with E-state index in [1.165, 1.54) is 0 Å². The van der Waals surface area contributed by atoms with Crippen LogP contribution < -0.4 is 0 Å². The van der Waals surface area contributed by atoms with Crippen molar-refractivity contribution < 1.29 is 53.7 Å². The van der Waals surface area contributed by atoms with E-state index in [1.807, 2.05) is 0 Å². The van der Waals surface area contributed by atoms with Gasteiger partial charge in [-0.25, -0.2) is 0 Å². The van der Waals surface area contributed by atoms with Crippen molar-refractivity contribution in [1.29, 1.82) is 0 Å². The minimum Gasteiger partial charge on any atom is -0.393 e. The first-order chi connectivity index (χ1) is 8.02. The van der Waals surface area contributed by atoms with Gasteiger partial charge in [0.25, 0.3) is 0 Å². The molecule has 0 aliphatic heterocycles. The zero-order valence-electron chi connectivity index (χ0n) is 8.84. The molecule has 0 fully saturated rings. The molecule has 0 rings (SSSR count). The van der Waals surface area contributed by atoms with Crippen LogP contribution in [0.5, 0.6) is 0 Å². The van der Waals surface area contributed by atoms with Gasteiger partial charge in [0.05, 0.1) is 6.61 Å². The second kappa shape index (κ2) is 4.65. The number of halogens is 10. The van der Waals surface area contributed by atoms with Gasteiger partial charge in [-0.1, -0.05) is 0 Å². The molecule has 12 heteroatoms. The highest BCUT2D eigenvalue weighted by atomic mass is 19.4. The minimum atomic E-state index is -6.86. The van der Waals surface area contributed by atoms with Crippen LogP contribution in [0.15, 0.2) is 0 Å². The first kappa shape index (κ1) is 18.2. The van der Waals surface area contributed by atoms with Gasteiger partial charge in [-0.3, -0.25) is 4.74 Å². The second-order valence-electron chi connectivity index (χ2n) is 3.58. The lowest BCUT2D eigenvalue weighted by Crippen LogP contribution is -2.60. The Bertz CT molecular complexity index is 319. The first-order valence-corrected chi connectivity index (χ1v) is 4.22. The maximum absolute atomic E-state index is 12.6. The van der Waals surface area contributed by atoms with Crippen LogP contribution in [-0.2, 0) is 4.74 Å². The molecule has 2 nitrogen and oxygen atoms in total. The third-order valence-corrected chi connectivity index (χ3v) is 1.98. The summed E-state index contributed by atoms with van der Waals surface area (Å²) in [6.45, 7) is -2.58. The van der Waals surface area contributed by atoms with E-state index in [9.17, 15) is 43.9 Å². The highest BCUT2D eigenvalue weighted by Gasteiger charge is 2.77. The minimum absolute atomic E-state index is 0.298. The summed E-state index contributed by atoms with van der Waals surface area (Å²) in [5, 5.41) is 8.25. The summed E-state index contributed by atoms with van der Waals surface area (Å²) in [6.07, 6.45) is -19.1. The molecule has 0 aromatic rings. The number of aliphatic hydroxyl groups is 1. The van der Waals surface area contributed by atoms with Crippen LogP contribution in [0.2, 0.25) is 0 Å². The Morgan fingerprint density at radius 2 is 1.16 bits per heavy atom. The molecule has 0 heterocycles. The van der Waals surface area contributed by atoms with Crippen molar-refractivity contribution in [3.63, 3.8) is 0 Å². The SMILES string of the molecule is C[C@@](CO)(OC(F)(F)C(F)(F)C(F)(F)F)C(F)(F)F. The normalized spacial score (nSPS) is 18.3. The monoisotopic (exact) mass is 312 g/mol. The molecular weight excluding hydrogens is 306 g/mol. The molecule has 19 heavy (non-hydrogen) atoms. The fourth-order valence-corrected chi connectivity index (χ4v) is 0.692. The molecule has 0 aromatic heterocycles. The van der Waals surface area contributed by atoms with Gasteiger partial charge in [0.15, 0.2) is 5.60 Å². The van der Waals surface area contributed by atoms with Crippen molar-refractivity contribution in [1.82, 2.24) is 0 Å². The summed E-state index contributed by atoms with van der Waals surface area (Å²) in [7, 11) is 0. The smallest absolute Gasteiger partial charge is 0.393 e. The Morgan fingerprint density at radius 3 is 1.37 bits per heavy atom. The van der Waals surface area contributed by atoms with Gasteiger partial charge in [-0.05, 0) is 6.92 Å². The van der Waals surface area contributed by atoms with Gasteiger partial charge in [-0.2, -0.15) is 43.9 Å².